The number of rotatable bonds is 5. The number of aromatic nitrogens is 2. The van der Waals surface area contributed by atoms with Crippen LogP contribution in [0, 0.1) is 11.8 Å². The average Bonchev–Trinajstić information content (AvgIpc) is 3.08. The van der Waals surface area contributed by atoms with Crippen LogP contribution in [0.3, 0.4) is 0 Å². The third-order valence-corrected chi connectivity index (χ3v) is 9.33. The van der Waals surface area contributed by atoms with Crippen LogP contribution in [0.1, 0.15) is 70.8 Å². The fourth-order valence-electron chi connectivity index (χ4n) is 7.41. The lowest BCUT2D eigenvalue weighted by Gasteiger charge is -2.53. The predicted molar refractivity (Wildman–Crippen MR) is 141 cm³/mol. The van der Waals surface area contributed by atoms with Crippen molar-refractivity contribution in [1.29, 1.82) is 0 Å². The summed E-state index contributed by atoms with van der Waals surface area (Å²) in [5.41, 5.74) is 1.66. The molecule has 3 aliphatic heterocycles. The molecule has 0 amide bonds. The van der Waals surface area contributed by atoms with Crippen molar-refractivity contribution >= 4 is 22.8 Å². The molecule has 4 aliphatic rings. The van der Waals surface area contributed by atoms with Gasteiger partial charge in [0.15, 0.2) is 5.82 Å². The molecule has 1 aromatic carbocycles. The van der Waals surface area contributed by atoms with E-state index in [-0.39, 0.29) is 11.6 Å². The van der Waals surface area contributed by atoms with Gasteiger partial charge in [0, 0.05) is 37.3 Å². The van der Waals surface area contributed by atoms with Crippen molar-refractivity contribution in [1.82, 2.24) is 14.5 Å². The Morgan fingerprint density at radius 2 is 1.72 bits per heavy atom. The summed E-state index contributed by atoms with van der Waals surface area (Å²) < 4.78 is 2.02. The Balaban J connectivity index is 1.33. The quantitative estimate of drug-likeness (QED) is 0.617. The maximum atomic E-state index is 13.9. The number of benzene rings is 1. The Kier molecular flexibility index (Phi) is 6.36. The largest absolute Gasteiger partial charge is 0.481 e. The van der Waals surface area contributed by atoms with Gasteiger partial charge in [-0.15, -0.1) is 0 Å². The number of carboxylic acids is 1. The van der Waals surface area contributed by atoms with E-state index in [0.29, 0.717) is 37.0 Å². The molecule has 2 bridgehead atoms. The zero-order valence-electron chi connectivity index (χ0n) is 21.3. The molecule has 4 heterocycles. The van der Waals surface area contributed by atoms with Crippen LogP contribution >= 0.6 is 0 Å². The van der Waals surface area contributed by atoms with Gasteiger partial charge in [0.25, 0.3) is 5.56 Å². The van der Waals surface area contributed by atoms with Gasteiger partial charge in [-0.2, -0.15) is 0 Å². The highest BCUT2D eigenvalue weighted by atomic mass is 16.4. The number of carbonyl (C=O) groups is 1. The summed E-state index contributed by atoms with van der Waals surface area (Å²) in [5.74, 6) is -0.0355. The molecule has 36 heavy (non-hydrogen) atoms. The van der Waals surface area contributed by atoms with Crippen molar-refractivity contribution in [2.75, 3.05) is 18.0 Å². The first-order valence-corrected chi connectivity index (χ1v) is 13.9. The number of aliphatic carboxylic acids is 1. The van der Waals surface area contributed by atoms with Crippen LogP contribution < -0.4 is 10.5 Å². The first-order valence-electron chi connectivity index (χ1n) is 13.9. The molecule has 4 atom stereocenters. The van der Waals surface area contributed by atoms with Gasteiger partial charge in [-0.05, 0) is 63.0 Å². The van der Waals surface area contributed by atoms with E-state index in [0.717, 1.165) is 36.2 Å². The van der Waals surface area contributed by atoms with Gasteiger partial charge in [-0.25, -0.2) is 4.98 Å². The van der Waals surface area contributed by atoms with Crippen LogP contribution in [0.2, 0.25) is 0 Å². The topological polar surface area (TPSA) is 78.7 Å². The van der Waals surface area contributed by atoms with Crippen LogP contribution in [-0.2, 0) is 4.79 Å². The summed E-state index contributed by atoms with van der Waals surface area (Å²) in [6.45, 7) is 3.03. The first-order chi connectivity index (χ1) is 17.5. The molecule has 6 rings (SSSR count). The van der Waals surface area contributed by atoms with Crippen molar-refractivity contribution < 1.29 is 9.90 Å². The molecular formula is C29H38N4O3. The lowest BCUT2D eigenvalue weighted by Crippen LogP contribution is -2.57. The van der Waals surface area contributed by atoms with Crippen LogP contribution in [0.4, 0.5) is 5.82 Å². The van der Waals surface area contributed by atoms with E-state index in [2.05, 4.69) is 24.0 Å². The number of para-hydroxylation sites is 2. The minimum Gasteiger partial charge on any atom is -0.481 e. The van der Waals surface area contributed by atoms with Gasteiger partial charge in [-0.1, -0.05) is 44.1 Å². The van der Waals surface area contributed by atoms with E-state index in [9.17, 15) is 14.7 Å². The Hall–Kier alpha value is -2.67. The van der Waals surface area contributed by atoms with E-state index in [1.165, 1.54) is 38.5 Å². The van der Waals surface area contributed by atoms with Gasteiger partial charge < -0.3 is 14.6 Å². The minimum absolute atomic E-state index is 0.0579. The molecule has 1 aromatic heterocycles. The Morgan fingerprint density at radius 3 is 2.44 bits per heavy atom. The standard InChI is InChI=1S/C29H38N4O3/c1-2-19-8-3-4-9-21(14-19)32-22-10-7-11-23(32)16-24(15-22)33-26-13-6-5-12-25(26)30-27(28(33)34)31-17-20(18-31)29(35)36/h3-6,12-13,19-24H,2,7-11,14-18H2,1H3,(H,35,36). The number of nitrogens with zero attached hydrogens (tertiary/aromatic N) is 4. The van der Waals surface area contributed by atoms with Gasteiger partial charge in [0.1, 0.15) is 0 Å². The highest BCUT2D eigenvalue weighted by Crippen LogP contribution is 2.43. The fourth-order valence-corrected chi connectivity index (χ4v) is 7.41. The molecular weight excluding hydrogens is 452 g/mol. The third kappa shape index (κ3) is 4.15. The first kappa shape index (κ1) is 23.7. The van der Waals surface area contributed by atoms with Crippen LogP contribution in [0.25, 0.3) is 11.0 Å². The number of allylic oxidation sites excluding steroid dienone is 1. The maximum Gasteiger partial charge on any atom is 0.310 e. The normalized spacial score (nSPS) is 31.2. The van der Waals surface area contributed by atoms with E-state index >= 15 is 0 Å². The number of piperidine rings is 2. The van der Waals surface area contributed by atoms with Crippen LogP contribution in [0.5, 0.6) is 0 Å². The summed E-state index contributed by atoms with van der Waals surface area (Å²) in [5, 5.41) is 9.33. The number of fused-ring (bicyclic) bond motifs is 3. The summed E-state index contributed by atoms with van der Waals surface area (Å²) in [7, 11) is 0. The minimum atomic E-state index is -0.800. The molecule has 4 unspecified atom stereocenters. The summed E-state index contributed by atoms with van der Waals surface area (Å²) in [4.78, 5) is 34.7. The van der Waals surface area contributed by atoms with E-state index in [4.69, 9.17) is 4.98 Å². The second-order valence-electron chi connectivity index (χ2n) is 11.5. The Labute approximate surface area is 212 Å². The van der Waals surface area contributed by atoms with E-state index < -0.39 is 11.9 Å². The zero-order valence-corrected chi connectivity index (χ0v) is 21.3. The van der Waals surface area contributed by atoms with Crippen LogP contribution in [-0.4, -0.2) is 56.7 Å². The monoisotopic (exact) mass is 490 g/mol. The number of carboxylic acid groups (broad SMARTS) is 1. The van der Waals surface area contributed by atoms with Gasteiger partial charge in [-0.3, -0.25) is 14.5 Å². The van der Waals surface area contributed by atoms with E-state index in [1.807, 2.05) is 33.7 Å². The van der Waals surface area contributed by atoms with Crippen molar-refractivity contribution in [3.63, 3.8) is 0 Å². The molecule has 0 spiro atoms. The van der Waals surface area contributed by atoms with Gasteiger partial charge >= 0.3 is 5.97 Å². The average molecular weight is 491 g/mol. The van der Waals surface area contributed by atoms with Crippen molar-refractivity contribution in [3.05, 3.63) is 46.8 Å². The number of hydrogen-bond donors (Lipinski definition) is 1. The SMILES string of the molecule is CCC1CC=CCC(N2C3CCCC2CC(n2c(=O)c(N4CC(C(=O)O)C4)nc4ccccc42)C3)C1. The highest BCUT2D eigenvalue weighted by molar-refractivity contribution is 5.78. The summed E-state index contributed by atoms with van der Waals surface area (Å²) in [6, 6.07) is 9.73. The molecule has 0 radical (unpaired) electrons. The lowest BCUT2D eigenvalue weighted by atomic mass is 9.79. The van der Waals surface area contributed by atoms with Gasteiger partial charge in [0.2, 0.25) is 0 Å². The smallest absolute Gasteiger partial charge is 0.310 e. The summed E-state index contributed by atoms with van der Waals surface area (Å²) in [6.07, 6.45) is 15.4. The number of hydrogen-bond acceptors (Lipinski definition) is 5. The van der Waals surface area contributed by atoms with Crippen molar-refractivity contribution in [2.45, 2.75) is 88.9 Å². The second-order valence-corrected chi connectivity index (χ2v) is 11.5. The molecule has 7 nitrogen and oxygen atoms in total. The fraction of sp³-hybridized carbons (Fsp3) is 0.621. The van der Waals surface area contributed by atoms with Gasteiger partial charge in [0.05, 0.1) is 17.0 Å². The molecule has 2 aromatic rings. The molecule has 7 heteroatoms. The third-order valence-electron chi connectivity index (χ3n) is 9.33. The maximum absolute atomic E-state index is 13.9. The molecule has 0 saturated carbocycles. The van der Waals surface area contributed by atoms with Crippen molar-refractivity contribution in [3.8, 4) is 0 Å². The second kappa shape index (κ2) is 9.66. The number of anilines is 1. The molecule has 1 N–H and O–H groups in total. The lowest BCUT2D eigenvalue weighted by molar-refractivity contribution is -0.142. The molecule has 3 fully saturated rings. The highest BCUT2D eigenvalue weighted by Gasteiger charge is 2.43. The van der Waals surface area contributed by atoms with Crippen LogP contribution in [0.15, 0.2) is 41.2 Å². The van der Waals surface area contributed by atoms with Crippen molar-refractivity contribution in [2.24, 2.45) is 11.8 Å². The summed E-state index contributed by atoms with van der Waals surface area (Å²) >= 11 is 0. The Bertz CT molecular complexity index is 1200. The zero-order chi connectivity index (χ0) is 24.8. The molecule has 192 valence electrons. The van der Waals surface area contributed by atoms with E-state index in [1.54, 1.807) is 0 Å². The predicted octanol–water partition coefficient (Wildman–Crippen LogP) is 4.61. The molecule has 3 saturated heterocycles. The molecule has 1 aliphatic carbocycles. The Morgan fingerprint density at radius 1 is 1.00 bits per heavy atom.